The molecular weight excluding hydrogens is 455 g/mol. The number of allylic oxidation sites excluding steroid dienone is 8. The number of fused-ring (bicyclic) bond motifs is 3. The lowest BCUT2D eigenvalue weighted by Gasteiger charge is -2.42. The lowest BCUT2D eigenvalue weighted by atomic mass is 9.62. The molecule has 0 amide bonds. The molecule has 3 aliphatic carbocycles. The molecule has 1 unspecified atom stereocenters. The van der Waals surface area contributed by atoms with Crippen LogP contribution >= 0.6 is 45.2 Å². The van der Waals surface area contributed by atoms with Crippen molar-refractivity contribution in [2.24, 2.45) is 11.8 Å². The molecule has 0 radical (unpaired) electrons. The summed E-state index contributed by atoms with van der Waals surface area (Å²) in [5.74, 6) is 2.74. The Bertz CT molecular complexity index is 623. The molecule has 0 bridgehead atoms. The Kier molecular flexibility index (Phi) is 2.83. The Morgan fingerprint density at radius 1 is 1.39 bits per heavy atom. The average molecular weight is 463 g/mol. The number of alkyl halides is 3. The zero-order valence-corrected chi connectivity index (χ0v) is 13.5. The average Bonchev–Trinajstić information content (AvgIpc) is 2.55. The third kappa shape index (κ3) is 1.59. The Morgan fingerprint density at radius 2 is 2.11 bits per heavy atom. The molecule has 2 atom stereocenters. The van der Waals surface area contributed by atoms with E-state index in [9.17, 15) is 4.39 Å². The summed E-state index contributed by atoms with van der Waals surface area (Å²) < 4.78 is 12.8. The van der Waals surface area contributed by atoms with E-state index in [0.717, 1.165) is 22.3 Å². The molecule has 3 aliphatic rings. The molecule has 1 N–H and O–H groups in total. The van der Waals surface area contributed by atoms with Crippen LogP contribution in [0.15, 0.2) is 46.6 Å². The Balaban J connectivity index is 2.11. The van der Waals surface area contributed by atoms with E-state index in [2.05, 4.69) is 5.92 Å². The van der Waals surface area contributed by atoms with Gasteiger partial charge in [0.05, 0.1) is 5.71 Å². The summed E-state index contributed by atoms with van der Waals surface area (Å²) in [6, 6.07) is 0. The van der Waals surface area contributed by atoms with Gasteiger partial charge in [0.15, 0.2) is 0 Å². The fourth-order valence-corrected chi connectivity index (χ4v) is 3.89. The van der Waals surface area contributed by atoms with Crippen molar-refractivity contribution < 1.29 is 4.39 Å². The third-order valence-electron chi connectivity index (χ3n) is 3.57. The molecule has 0 aromatic carbocycles. The lowest BCUT2D eigenvalue weighted by Crippen LogP contribution is -2.37. The molecule has 0 fully saturated rings. The van der Waals surface area contributed by atoms with Crippen LogP contribution in [0, 0.1) is 29.6 Å². The monoisotopic (exact) mass is 463 g/mol. The summed E-state index contributed by atoms with van der Waals surface area (Å²) in [6.07, 6.45) is 12.9. The fourth-order valence-electron chi connectivity index (χ4n) is 2.86. The first-order valence-electron chi connectivity index (χ1n) is 5.42. The zero-order valence-electron chi connectivity index (χ0n) is 9.18. The highest BCUT2D eigenvalue weighted by Crippen LogP contribution is 2.58. The maximum absolute atomic E-state index is 14.2. The van der Waals surface area contributed by atoms with Crippen LogP contribution in [-0.2, 0) is 0 Å². The fraction of sp³-hybridized carbons (Fsp3) is 0.214. The number of halogens is 3. The summed E-state index contributed by atoms with van der Waals surface area (Å²) in [5, 5.41) is 7.93. The minimum Gasteiger partial charge on any atom is -0.301 e. The van der Waals surface area contributed by atoms with E-state index in [0.29, 0.717) is 5.71 Å². The molecule has 18 heavy (non-hydrogen) atoms. The summed E-state index contributed by atoms with van der Waals surface area (Å²) in [4.78, 5) is 0. The number of nitrogens with one attached hydrogen (secondary N) is 1. The van der Waals surface area contributed by atoms with E-state index >= 15 is 0 Å². The quantitative estimate of drug-likeness (QED) is 0.344. The normalized spacial score (nSPS) is 29.1. The Hall–Kier alpha value is -0.420. The van der Waals surface area contributed by atoms with Gasteiger partial charge in [-0.25, -0.2) is 4.39 Å². The summed E-state index contributed by atoms with van der Waals surface area (Å²) in [6.45, 7) is 0. The van der Waals surface area contributed by atoms with E-state index < -0.39 is 1.68 Å². The Morgan fingerprint density at radius 3 is 2.72 bits per heavy atom. The molecule has 0 heterocycles. The first-order chi connectivity index (χ1) is 8.45. The molecule has 0 aromatic rings. The van der Waals surface area contributed by atoms with Crippen LogP contribution in [0.1, 0.15) is 0 Å². The van der Waals surface area contributed by atoms with Gasteiger partial charge in [0, 0.05) is 17.4 Å². The highest BCUT2D eigenvalue weighted by atomic mass is 127. The predicted octanol–water partition coefficient (Wildman–Crippen LogP) is 4.11. The second-order valence-corrected chi connectivity index (χ2v) is 9.49. The van der Waals surface area contributed by atoms with Crippen LogP contribution in [0.3, 0.4) is 0 Å². The van der Waals surface area contributed by atoms with Crippen molar-refractivity contribution in [2.75, 3.05) is 0 Å². The maximum Gasteiger partial charge on any atom is 0.232 e. The maximum atomic E-state index is 14.2. The molecule has 0 aliphatic heterocycles. The molecule has 0 spiro atoms. The largest absolute Gasteiger partial charge is 0.301 e. The second kappa shape index (κ2) is 4.04. The first-order valence-corrected chi connectivity index (χ1v) is 7.58. The van der Waals surface area contributed by atoms with E-state index in [-0.39, 0.29) is 11.8 Å². The van der Waals surface area contributed by atoms with Crippen molar-refractivity contribution in [3.8, 4) is 12.3 Å². The molecular formula is C14H8FI2N. The van der Waals surface area contributed by atoms with E-state index in [1.807, 2.05) is 18.2 Å². The lowest BCUT2D eigenvalue weighted by molar-refractivity contribution is 0.422. The molecule has 0 aromatic heterocycles. The van der Waals surface area contributed by atoms with Gasteiger partial charge < -0.3 is 5.41 Å². The smallest absolute Gasteiger partial charge is 0.232 e. The van der Waals surface area contributed by atoms with Crippen LogP contribution in [-0.4, -0.2) is 7.39 Å². The third-order valence-corrected chi connectivity index (χ3v) is 4.82. The van der Waals surface area contributed by atoms with E-state index in [4.69, 9.17) is 11.8 Å². The van der Waals surface area contributed by atoms with Crippen LogP contribution < -0.4 is 0 Å². The second-order valence-electron chi connectivity index (χ2n) is 4.45. The van der Waals surface area contributed by atoms with Gasteiger partial charge in [0.1, 0.15) is 0 Å². The van der Waals surface area contributed by atoms with Crippen molar-refractivity contribution in [3.05, 3.63) is 46.6 Å². The number of hydrogen-bond acceptors (Lipinski definition) is 1. The van der Waals surface area contributed by atoms with Gasteiger partial charge in [-0.05, 0) is 68.0 Å². The van der Waals surface area contributed by atoms with Crippen molar-refractivity contribution in [3.63, 3.8) is 0 Å². The topological polar surface area (TPSA) is 23.9 Å². The number of terminal acetylenes is 1. The summed E-state index contributed by atoms with van der Waals surface area (Å²) >= 11 is 3.61. The highest BCUT2D eigenvalue weighted by Gasteiger charge is 2.51. The van der Waals surface area contributed by atoms with Crippen molar-refractivity contribution in [2.45, 2.75) is 1.68 Å². The minimum absolute atomic E-state index is 0.00829. The predicted molar refractivity (Wildman–Crippen MR) is 87.8 cm³/mol. The van der Waals surface area contributed by atoms with Crippen LogP contribution in [0.25, 0.3) is 0 Å². The number of hydrogen-bond donors (Lipinski definition) is 1. The van der Waals surface area contributed by atoms with Gasteiger partial charge in [-0.2, -0.15) is 0 Å². The van der Waals surface area contributed by atoms with Gasteiger partial charge in [-0.3, -0.25) is 0 Å². The van der Waals surface area contributed by atoms with Crippen molar-refractivity contribution in [1.29, 1.82) is 5.41 Å². The van der Waals surface area contributed by atoms with E-state index in [1.54, 1.807) is 51.3 Å². The minimum atomic E-state index is -1.41. The van der Waals surface area contributed by atoms with Crippen molar-refractivity contribution >= 4 is 50.9 Å². The number of rotatable bonds is 1. The van der Waals surface area contributed by atoms with Gasteiger partial charge in [-0.15, -0.1) is 6.42 Å². The van der Waals surface area contributed by atoms with Crippen molar-refractivity contribution in [1.82, 2.24) is 0 Å². The SMILES string of the molecule is C#CC1=CC(=N)C2=C1C1C(C(F)(I)I)=CC=C[C@@H]21. The van der Waals surface area contributed by atoms with E-state index in [1.165, 1.54) is 0 Å². The first kappa shape index (κ1) is 12.6. The molecule has 1 nitrogen and oxygen atoms in total. The summed E-state index contributed by atoms with van der Waals surface area (Å²) in [5.41, 5.74) is 3.93. The van der Waals surface area contributed by atoms with Crippen LogP contribution in [0.5, 0.6) is 0 Å². The van der Waals surface area contributed by atoms with Crippen LogP contribution in [0.2, 0.25) is 0 Å². The van der Waals surface area contributed by atoms with Gasteiger partial charge >= 0.3 is 0 Å². The standard InChI is InChI=1S/C14H8FI2N/c1-2-7-6-10(18)13-8-4-3-5-9(14(15,16)17)12(8)11(7)13/h1,3-6,8,12,18H/t8-,12?/m1/s1. The Labute approximate surface area is 132 Å². The highest BCUT2D eigenvalue weighted by molar-refractivity contribution is 14.2. The molecule has 3 rings (SSSR count). The molecule has 0 saturated carbocycles. The molecule has 4 heteroatoms. The van der Waals surface area contributed by atoms with Gasteiger partial charge in [0.2, 0.25) is 1.68 Å². The van der Waals surface area contributed by atoms with Gasteiger partial charge in [-0.1, -0.05) is 24.1 Å². The summed E-state index contributed by atoms with van der Waals surface area (Å²) in [7, 11) is 0. The van der Waals surface area contributed by atoms with Crippen LogP contribution in [0.4, 0.5) is 4.39 Å². The zero-order chi connectivity index (χ0) is 13.1. The molecule has 0 saturated heterocycles. The van der Waals surface area contributed by atoms with Gasteiger partial charge in [0.25, 0.3) is 0 Å². The molecule has 90 valence electrons.